The fourth-order valence-corrected chi connectivity index (χ4v) is 1.02. The number of rotatable bonds is 3. The summed E-state index contributed by atoms with van der Waals surface area (Å²) >= 11 is 0. The number of hydrogen-bond acceptors (Lipinski definition) is 2. The van der Waals surface area contributed by atoms with E-state index in [9.17, 15) is 9.59 Å². The molecule has 0 atom stereocenters. The van der Waals surface area contributed by atoms with Gasteiger partial charge in [0.05, 0.1) is 5.92 Å². The molecule has 2 saturated carbocycles. The highest BCUT2D eigenvalue weighted by molar-refractivity contribution is 5.82. The number of carbonyl (C=O) groups excluding carboxylic acids is 1. The standard InChI is InChI=1S/C6H10O.C4H6O2/c1-2-6(7)5-3-4-5;5-4(6)3-1-2-3/h5H,2-4H2,1H3;3H,1-2H2,(H,5,6). The van der Waals surface area contributed by atoms with Crippen molar-refractivity contribution >= 4 is 11.8 Å². The van der Waals surface area contributed by atoms with Crippen LogP contribution >= 0.6 is 0 Å². The monoisotopic (exact) mass is 184 g/mol. The van der Waals surface area contributed by atoms with E-state index in [0.29, 0.717) is 11.7 Å². The molecule has 3 nitrogen and oxygen atoms in total. The Bertz CT molecular complexity index is 202. The van der Waals surface area contributed by atoms with E-state index in [0.717, 1.165) is 32.1 Å². The van der Waals surface area contributed by atoms with Crippen LogP contribution in [0.4, 0.5) is 0 Å². The third kappa shape index (κ3) is 4.06. The molecule has 0 bridgehead atoms. The molecule has 0 radical (unpaired) electrons. The number of carboxylic acids is 1. The summed E-state index contributed by atoms with van der Waals surface area (Å²) in [6, 6.07) is 0. The van der Waals surface area contributed by atoms with Gasteiger partial charge < -0.3 is 5.11 Å². The molecule has 0 amide bonds. The highest BCUT2D eigenvalue weighted by Gasteiger charge is 2.28. The van der Waals surface area contributed by atoms with Crippen LogP contribution in [-0.4, -0.2) is 16.9 Å². The van der Waals surface area contributed by atoms with E-state index in [1.54, 1.807) is 0 Å². The van der Waals surface area contributed by atoms with Crippen molar-refractivity contribution in [3.63, 3.8) is 0 Å². The second-order valence-corrected chi connectivity index (χ2v) is 3.71. The first-order chi connectivity index (χ1) is 6.15. The smallest absolute Gasteiger partial charge is 0.306 e. The predicted octanol–water partition coefficient (Wildman–Crippen LogP) is 1.86. The van der Waals surface area contributed by atoms with E-state index in [2.05, 4.69) is 0 Å². The second kappa shape index (κ2) is 4.40. The van der Waals surface area contributed by atoms with Crippen molar-refractivity contribution in [3.05, 3.63) is 0 Å². The number of Topliss-reactive ketones (excluding diaryl/α,β-unsaturated/α-hetero) is 1. The van der Waals surface area contributed by atoms with Crippen molar-refractivity contribution in [1.82, 2.24) is 0 Å². The van der Waals surface area contributed by atoms with E-state index in [-0.39, 0.29) is 5.92 Å². The zero-order valence-electron chi connectivity index (χ0n) is 7.95. The van der Waals surface area contributed by atoms with E-state index in [4.69, 9.17) is 5.11 Å². The lowest BCUT2D eigenvalue weighted by Gasteiger charge is -1.84. The third-order valence-corrected chi connectivity index (χ3v) is 2.31. The molecule has 0 unspecified atom stereocenters. The number of hydrogen-bond donors (Lipinski definition) is 1. The molecule has 0 spiro atoms. The third-order valence-electron chi connectivity index (χ3n) is 2.31. The van der Waals surface area contributed by atoms with Crippen LogP contribution in [0.5, 0.6) is 0 Å². The molecular weight excluding hydrogens is 168 g/mol. The minimum Gasteiger partial charge on any atom is -0.481 e. The van der Waals surface area contributed by atoms with Crippen LogP contribution in [-0.2, 0) is 9.59 Å². The first-order valence-electron chi connectivity index (χ1n) is 4.90. The summed E-state index contributed by atoms with van der Waals surface area (Å²) in [7, 11) is 0. The molecule has 2 aliphatic carbocycles. The topological polar surface area (TPSA) is 54.4 Å². The van der Waals surface area contributed by atoms with Gasteiger partial charge >= 0.3 is 5.97 Å². The van der Waals surface area contributed by atoms with Crippen LogP contribution in [0.1, 0.15) is 39.0 Å². The van der Waals surface area contributed by atoms with E-state index in [1.807, 2.05) is 6.92 Å². The Morgan fingerprint density at radius 1 is 1.15 bits per heavy atom. The van der Waals surface area contributed by atoms with Crippen LogP contribution in [0, 0.1) is 11.8 Å². The Morgan fingerprint density at radius 3 is 1.69 bits per heavy atom. The predicted molar refractivity (Wildman–Crippen MR) is 48.4 cm³/mol. The molecule has 3 heteroatoms. The summed E-state index contributed by atoms with van der Waals surface area (Å²) in [4.78, 5) is 20.3. The number of carboxylic acid groups (broad SMARTS) is 1. The van der Waals surface area contributed by atoms with Crippen LogP contribution in [0.2, 0.25) is 0 Å². The molecular formula is C10H16O3. The van der Waals surface area contributed by atoms with Gasteiger partial charge in [0.25, 0.3) is 0 Å². The molecule has 0 aromatic rings. The molecule has 2 fully saturated rings. The van der Waals surface area contributed by atoms with E-state index < -0.39 is 5.97 Å². The Labute approximate surface area is 78.1 Å². The van der Waals surface area contributed by atoms with Crippen LogP contribution in [0.3, 0.4) is 0 Å². The summed E-state index contributed by atoms with van der Waals surface area (Å²) < 4.78 is 0. The maximum Gasteiger partial charge on any atom is 0.306 e. The van der Waals surface area contributed by atoms with Crippen molar-refractivity contribution < 1.29 is 14.7 Å². The summed E-state index contributed by atoms with van der Waals surface area (Å²) in [6.07, 6.45) is 4.86. The van der Waals surface area contributed by atoms with Gasteiger partial charge in [-0.25, -0.2) is 0 Å². The first-order valence-corrected chi connectivity index (χ1v) is 4.90. The quantitative estimate of drug-likeness (QED) is 0.728. The molecule has 74 valence electrons. The lowest BCUT2D eigenvalue weighted by molar-refractivity contribution is -0.138. The molecule has 2 aliphatic rings. The lowest BCUT2D eigenvalue weighted by Crippen LogP contribution is -1.95. The van der Waals surface area contributed by atoms with Gasteiger partial charge in [-0.15, -0.1) is 0 Å². The summed E-state index contributed by atoms with van der Waals surface area (Å²) in [5, 5.41) is 8.05. The Hall–Kier alpha value is -0.860. The van der Waals surface area contributed by atoms with Gasteiger partial charge in [-0.05, 0) is 25.7 Å². The zero-order chi connectivity index (χ0) is 9.84. The average molecular weight is 184 g/mol. The molecule has 0 aliphatic heterocycles. The highest BCUT2D eigenvalue weighted by atomic mass is 16.4. The maximum absolute atomic E-state index is 10.6. The number of aliphatic carboxylic acids is 1. The normalized spacial score (nSPS) is 20.1. The van der Waals surface area contributed by atoms with Crippen LogP contribution < -0.4 is 0 Å². The van der Waals surface area contributed by atoms with Crippen molar-refractivity contribution in [1.29, 1.82) is 0 Å². The number of ketones is 1. The Morgan fingerprint density at radius 2 is 1.62 bits per heavy atom. The molecule has 2 rings (SSSR count). The Balaban J connectivity index is 0.000000132. The van der Waals surface area contributed by atoms with Gasteiger partial charge in [-0.2, -0.15) is 0 Å². The summed E-state index contributed by atoms with van der Waals surface area (Å²) in [5.41, 5.74) is 0. The molecule has 1 N–H and O–H groups in total. The molecule has 0 aromatic heterocycles. The van der Waals surface area contributed by atoms with Crippen LogP contribution in [0.25, 0.3) is 0 Å². The molecule has 0 aromatic carbocycles. The SMILES string of the molecule is CCC(=O)C1CC1.O=C(O)C1CC1. The maximum atomic E-state index is 10.6. The largest absolute Gasteiger partial charge is 0.481 e. The van der Waals surface area contributed by atoms with Gasteiger partial charge in [0, 0.05) is 12.3 Å². The van der Waals surface area contributed by atoms with Gasteiger partial charge in [-0.3, -0.25) is 9.59 Å². The van der Waals surface area contributed by atoms with Gasteiger partial charge in [0.15, 0.2) is 0 Å². The Kier molecular flexibility index (Phi) is 3.46. The van der Waals surface area contributed by atoms with Crippen molar-refractivity contribution in [2.45, 2.75) is 39.0 Å². The van der Waals surface area contributed by atoms with Crippen molar-refractivity contribution in [2.24, 2.45) is 11.8 Å². The molecule has 0 saturated heterocycles. The number of carbonyl (C=O) groups is 2. The first kappa shape index (κ1) is 10.2. The summed E-state index contributed by atoms with van der Waals surface area (Å²) in [5.74, 6) is 0.324. The van der Waals surface area contributed by atoms with E-state index in [1.165, 1.54) is 0 Å². The average Bonchev–Trinajstić information content (AvgIpc) is 2.88. The minimum atomic E-state index is -0.630. The van der Waals surface area contributed by atoms with Crippen molar-refractivity contribution in [2.75, 3.05) is 0 Å². The van der Waals surface area contributed by atoms with Crippen molar-refractivity contribution in [3.8, 4) is 0 Å². The fourth-order valence-electron chi connectivity index (χ4n) is 1.02. The van der Waals surface area contributed by atoms with Gasteiger partial charge in [-0.1, -0.05) is 6.92 Å². The summed E-state index contributed by atoms with van der Waals surface area (Å²) in [6.45, 7) is 1.93. The second-order valence-electron chi connectivity index (χ2n) is 3.71. The molecule has 13 heavy (non-hydrogen) atoms. The van der Waals surface area contributed by atoms with Gasteiger partial charge in [0.1, 0.15) is 5.78 Å². The fraction of sp³-hybridized carbons (Fsp3) is 0.800. The highest BCUT2D eigenvalue weighted by Crippen LogP contribution is 2.30. The minimum absolute atomic E-state index is 0.0185. The lowest BCUT2D eigenvalue weighted by atomic mass is 10.2. The zero-order valence-corrected chi connectivity index (χ0v) is 7.95. The van der Waals surface area contributed by atoms with E-state index >= 15 is 0 Å². The van der Waals surface area contributed by atoms with Gasteiger partial charge in [0.2, 0.25) is 0 Å². The van der Waals surface area contributed by atoms with Crippen LogP contribution in [0.15, 0.2) is 0 Å². The molecule has 0 heterocycles.